The van der Waals surface area contributed by atoms with Crippen molar-refractivity contribution in [3.63, 3.8) is 0 Å². The summed E-state index contributed by atoms with van der Waals surface area (Å²) in [5, 5.41) is 15.1. The molecule has 0 radical (unpaired) electrons. The van der Waals surface area contributed by atoms with E-state index >= 15 is 0 Å². The zero-order chi connectivity index (χ0) is 20.1. The van der Waals surface area contributed by atoms with Crippen LogP contribution in [0, 0.1) is 0 Å². The molecule has 5 N–H and O–H groups in total. The van der Waals surface area contributed by atoms with E-state index in [4.69, 9.17) is 5.73 Å². The first-order valence-corrected chi connectivity index (χ1v) is 9.09. The van der Waals surface area contributed by atoms with Gasteiger partial charge in [-0.1, -0.05) is 18.2 Å². The molecule has 144 valence electrons. The van der Waals surface area contributed by atoms with E-state index in [9.17, 15) is 4.79 Å². The Morgan fingerprint density at radius 3 is 2.43 bits per heavy atom. The first-order chi connectivity index (χ1) is 13.5. The molecule has 0 aliphatic heterocycles. The molecular formula is C21H24N6O. The van der Waals surface area contributed by atoms with Gasteiger partial charge in [-0.2, -0.15) is 5.10 Å². The van der Waals surface area contributed by atoms with Crippen molar-refractivity contribution in [1.29, 1.82) is 0 Å². The lowest BCUT2D eigenvalue weighted by atomic mass is 10.1. The number of nitrogens with zero attached hydrogens (tertiary/aromatic N) is 2. The summed E-state index contributed by atoms with van der Waals surface area (Å²) in [6.07, 6.45) is 0. The van der Waals surface area contributed by atoms with Crippen molar-refractivity contribution < 1.29 is 4.79 Å². The van der Waals surface area contributed by atoms with E-state index in [2.05, 4.69) is 25.8 Å². The molecule has 1 heterocycles. The summed E-state index contributed by atoms with van der Waals surface area (Å²) in [5.74, 6) is 0.210. The highest BCUT2D eigenvalue weighted by atomic mass is 16.1. The van der Waals surface area contributed by atoms with E-state index in [0.29, 0.717) is 17.2 Å². The van der Waals surface area contributed by atoms with Gasteiger partial charge in [-0.05, 0) is 56.7 Å². The fraction of sp³-hybridized carbons (Fsp3) is 0.190. The van der Waals surface area contributed by atoms with Crippen molar-refractivity contribution >= 4 is 39.7 Å². The van der Waals surface area contributed by atoms with E-state index < -0.39 is 0 Å². The van der Waals surface area contributed by atoms with Gasteiger partial charge in [-0.15, -0.1) is 5.10 Å². The average molecular weight is 376 g/mol. The molecule has 2 aromatic carbocycles. The summed E-state index contributed by atoms with van der Waals surface area (Å²) in [7, 11) is 0. The van der Waals surface area contributed by atoms with Gasteiger partial charge < -0.3 is 21.4 Å². The number of carbonyl (C=O) groups excluding carboxylic acids is 1. The maximum Gasteiger partial charge on any atom is 0.272 e. The molecule has 0 saturated carbocycles. The van der Waals surface area contributed by atoms with Crippen LogP contribution in [0.4, 0.5) is 11.4 Å². The van der Waals surface area contributed by atoms with Crippen LogP contribution in [0.2, 0.25) is 0 Å². The van der Waals surface area contributed by atoms with Crippen LogP contribution >= 0.6 is 0 Å². The summed E-state index contributed by atoms with van der Waals surface area (Å²) in [6.45, 7) is 6.42. The third-order valence-electron chi connectivity index (χ3n) is 4.17. The van der Waals surface area contributed by atoms with Crippen LogP contribution in [0.15, 0.2) is 58.7 Å². The highest BCUT2D eigenvalue weighted by molar-refractivity contribution is 6.06. The van der Waals surface area contributed by atoms with Gasteiger partial charge in [0, 0.05) is 28.8 Å². The highest BCUT2D eigenvalue weighted by Crippen LogP contribution is 2.21. The first-order valence-electron chi connectivity index (χ1n) is 9.09. The molecule has 0 saturated heterocycles. The topological polar surface area (TPSA) is 108 Å². The Kier molecular flexibility index (Phi) is 5.74. The lowest BCUT2D eigenvalue weighted by Gasteiger charge is -2.05. The third-order valence-corrected chi connectivity index (χ3v) is 4.17. The summed E-state index contributed by atoms with van der Waals surface area (Å²) in [5.41, 5.74) is 10.3. The van der Waals surface area contributed by atoms with Crippen LogP contribution in [0.1, 0.15) is 36.8 Å². The number of carbonyl (C=O) groups is 1. The minimum Gasteiger partial charge on any atom is -0.386 e. The van der Waals surface area contributed by atoms with Gasteiger partial charge in [0.15, 0.2) is 0 Å². The molecule has 0 bridgehead atoms. The summed E-state index contributed by atoms with van der Waals surface area (Å²) in [6, 6.07) is 15.3. The van der Waals surface area contributed by atoms with Crippen molar-refractivity contribution in [2.45, 2.75) is 20.8 Å². The first kappa shape index (κ1) is 19.2. The fourth-order valence-corrected chi connectivity index (χ4v) is 2.77. The van der Waals surface area contributed by atoms with E-state index in [1.807, 2.05) is 62.4 Å². The van der Waals surface area contributed by atoms with Gasteiger partial charge in [-0.3, -0.25) is 4.79 Å². The molecule has 3 rings (SSSR count). The molecule has 1 aromatic heterocycles. The van der Waals surface area contributed by atoms with Crippen molar-refractivity contribution in [2.75, 3.05) is 17.2 Å². The average Bonchev–Trinajstić information content (AvgIpc) is 3.10. The van der Waals surface area contributed by atoms with Crippen molar-refractivity contribution in [2.24, 2.45) is 15.9 Å². The summed E-state index contributed by atoms with van der Waals surface area (Å²) >= 11 is 0. The SMILES string of the molecule is CCNc1ccc2cc(C(=O)Nc3ccc(/C(C)=N\N=C(C)N)cc3)[nH]c2c1. The van der Waals surface area contributed by atoms with Gasteiger partial charge in [0.05, 0.1) is 5.71 Å². The van der Waals surface area contributed by atoms with Crippen LogP contribution in [-0.4, -0.2) is 29.0 Å². The van der Waals surface area contributed by atoms with Crippen LogP contribution in [0.25, 0.3) is 10.9 Å². The van der Waals surface area contributed by atoms with Crippen LogP contribution in [-0.2, 0) is 0 Å². The predicted octanol–water partition coefficient (Wildman–Crippen LogP) is 3.95. The minimum atomic E-state index is -0.192. The Hall–Kier alpha value is -3.61. The highest BCUT2D eigenvalue weighted by Gasteiger charge is 2.10. The van der Waals surface area contributed by atoms with Gasteiger partial charge in [-0.25, -0.2) is 0 Å². The Morgan fingerprint density at radius 1 is 1.04 bits per heavy atom. The van der Waals surface area contributed by atoms with Gasteiger partial charge in [0.25, 0.3) is 5.91 Å². The maximum atomic E-state index is 12.6. The second kappa shape index (κ2) is 8.39. The van der Waals surface area contributed by atoms with Crippen molar-refractivity contribution in [3.05, 3.63) is 59.8 Å². The lowest BCUT2D eigenvalue weighted by molar-refractivity contribution is 0.102. The molecule has 3 aromatic rings. The number of nitrogens with two attached hydrogens (primary N) is 1. The van der Waals surface area contributed by atoms with Crippen LogP contribution in [0.5, 0.6) is 0 Å². The number of fused-ring (bicyclic) bond motifs is 1. The molecule has 7 heteroatoms. The minimum absolute atomic E-state index is 0.192. The van der Waals surface area contributed by atoms with Gasteiger partial charge in [0.1, 0.15) is 11.5 Å². The van der Waals surface area contributed by atoms with E-state index in [-0.39, 0.29) is 5.91 Å². The molecule has 7 nitrogen and oxygen atoms in total. The Balaban J connectivity index is 1.73. The number of benzene rings is 2. The number of anilines is 2. The Bertz CT molecular complexity index is 1040. The quantitative estimate of drug-likeness (QED) is 0.297. The number of hydrogen-bond acceptors (Lipinski definition) is 4. The normalized spacial score (nSPS) is 12.2. The number of amides is 1. The number of rotatable bonds is 6. The summed E-state index contributed by atoms with van der Waals surface area (Å²) < 4.78 is 0. The van der Waals surface area contributed by atoms with Crippen LogP contribution < -0.4 is 16.4 Å². The smallest absolute Gasteiger partial charge is 0.272 e. The number of amidine groups is 1. The van der Waals surface area contributed by atoms with Gasteiger partial charge in [0.2, 0.25) is 0 Å². The van der Waals surface area contributed by atoms with Crippen molar-refractivity contribution in [1.82, 2.24) is 4.98 Å². The molecule has 0 atom stereocenters. The zero-order valence-corrected chi connectivity index (χ0v) is 16.2. The number of nitrogens with one attached hydrogen (secondary N) is 3. The maximum absolute atomic E-state index is 12.6. The number of hydrogen-bond donors (Lipinski definition) is 4. The molecule has 0 fully saturated rings. The molecule has 0 aliphatic carbocycles. The molecule has 0 unspecified atom stereocenters. The number of aromatic amines is 1. The second-order valence-electron chi connectivity index (χ2n) is 6.47. The molecular weight excluding hydrogens is 352 g/mol. The molecule has 0 spiro atoms. The summed E-state index contributed by atoms with van der Waals surface area (Å²) in [4.78, 5) is 15.8. The van der Waals surface area contributed by atoms with Crippen molar-refractivity contribution in [3.8, 4) is 0 Å². The van der Waals surface area contributed by atoms with Crippen LogP contribution in [0.3, 0.4) is 0 Å². The van der Waals surface area contributed by atoms with E-state index in [0.717, 1.165) is 34.4 Å². The molecule has 1 amide bonds. The number of H-pyrrole nitrogens is 1. The standard InChI is InChI=1S/C21H24N6O/c1-4-23-18-10-7-16-11-20(25-19(16)12-18)21(28)24-17-8-5-15(6-9-17)13(2)26-27-14(3)22/h5-12,23,25H,4H2,1-3H3,(H2,22,27)(H,24,28)/b26-13-. The number of aromatic nitrogens is 1. The zero-order valence-electron chi connectivity index (χ0n) is 16.2. The Labute approximate surface area is 163 Å². The monoisotopic (exact) mass is 376 g/mol. The molecule has 28 heavy (non-hydrogen) atoms. The van der Waals surface area contributed by atoms with E-state index in [1.54, 1.807) is 6.92 Å². The largest absolute Gasteiger partial charge is 0.386 e. The lowest BCUT2D eigenvalue weighted by Crippen LogP contribution is -2.12. The van der Waals surface area contributed by atoms with Gasteiger partial charge >= 0.3 is 0 Å². The second-order valence-corrected chi connectivity index (χ2v) is 6.47. The predicted molar refractivity (Wildman–Crippen MR) is 116 cm³/mol. The molecule has 0 aliphatic rings. The van der Waals surface area contributed by atoms with E-state index in [1.165, 1.54) is 0 Å². The fourth-order valence-electron chi connectivity index (χ4n) is 2.77. The third kappa shape index (κ3) is 4.56. The Morgan fingerprint density at radius 2 is 1.75 bits per heavy atom.